The van der Waals surface area contributed by atoms with Gasteiger partial charge in [-0.3, -0.25) is 14.1 Å². The first-order valence-corrected chi connectivity index (χ1v) is 7.17. The number of ether oxygens (including phenoxy) is 2. The molecule has 8 nitrogen and oxygen atoms in total. The third-order valence-corrected chi connectivity index (χ3v) is 1.90. The van der Waals surface area contributed by atoms with Crippen molar-refractivity contribution in [1.29, 1.82) is 0 Å². The normalized spacial score (nSPS) is 9.05. The summed E-state index contributed by atoms with van der Waals surface area (Å²) in [5.74, 6) is -1.92. The standard InChI is InChI=1S/C7H10O7S.C4H10O.2Na.2H/c1-2-5-13-6(8)3-4-7(9)14-15(10,11)12;1-3-5-4-2;;;;/h2H,1,3-5H2,(H,10,11,12);3-4H2,1-2H3;;;;/q;;2*+1;2*-1. The molecule has 0 unspecified atom stereocenters. The van der Waals surface area contributed by atoms with Crippen LogP contribution in [0, 0.1) is 0 Å². The van der Waals surface area contributed by atoms with Crippen molar-refractivity contribution < 1.29 is 98.2 Å². The Morgan fingerprint density at radius 1 is 1.14 bits per heavy atom. The molecule has 1 N–H and O–H groups in total. The van der Waals surface area contributed by atoms with Crippen molar-refractivity contribution in [1.82, 2.24) is 0 Å². The first-order valence-electron chi connectivity index (χ1n) is 5.80. The van der Waals surface area contributed by atoms with E-state index < -0.39 is 28.8 Å². The van der Waals surface area contributed by atoms with Crippen LogP contribution < -0.4 is 59.1 Å². The summed E-state index contributed by atoms with van der Waals surface area (Å²) < 4.78 is 41.1. The summed E-state index contributed by atoms with van der Waals surface area (Å²) in [6.07, 6.45) is 0.520. The van der Waals surface area contributed by atoms with Gasteiger partial charge in [0, 0.05) is 13.2 Å². The van der Waals surface area contributed by atoms with Gasteiger partial charge in [0.05, 0.1) is 12.8 Å². The molecule has 0 fully saturated rings. The summed E-state index contributed by atoms with van der Waals surface area (Å²) in [6, 6.07) is 0. The second kappa shape index (κ2) is 19.6. The number of carbonyl (C=O) groups excluding carboxylic acids is 2. The number of rotatable bonds is 8. The molecule has 0 aliphatic rings. The molecule has 0 aromatic rings. The van der Waals surface area contributed by atoms with E-state index in [-0.39, 0.29) is 75.0 Å². The molecule has 0 atom stereocenters. The Hall–Kier alpha value is 0.550. The molecule has 0 aliphatic heterocycles. The van der Waals surface area contributed by atoms with E-state index in [1.807, 2.05) is 13.8 Å². The Morgan fingerprint density at radius 2 is 1.59 bits per heavy atom. The fourth-order valence-electron chi connectivity index (χ4n) is 0.791. The fraction of sp³-hybridized carbons (Fsp3) is 0.636. The van der Waals surface area contributed by atoms with Gasteiger partial charge in [0.25, 0.3) is 0 Å². The zero-order valence-electron chi connectivity index (χ0n) is 15.5. The van der Waals surface area contributed by atoms with Gasteiger partial charge in [0.1, 0.15) is 6.61 Å². The average Bonchev–Trinajstić information content (AvgIpc) is 2.33. The smallest absolute Gasteiger partial charge is 1.00 e. The minimum Gasteiger partial charge on any atom is -1.00 e. The van der Waals surface area contributed by atoms with Crippen LogP contribution >= 0.6 is 0 Å². The van der Waals surface area contributed by atoms with Crippen molar-refractivity contribution >= 4 is 22.3 Å². The minimum absolute atomic E-state index is 0. The second-order valence-corrected chi connectivity index (χ2v) is 4.16. The van der Waals surface area contributed by atoms with Gasteiger partial charge in [-0.05, 0) is 13.8 Å². The molecule has 0 amide bonds. The Labute approximate surface area is 178 Å². The Kier molecular flexibility index (Phi) is 27.1. The van der Waals surface area contributed by atoms with Gasteiger partial charge in [-0.2, -0.15) is 8.42 Å². The van der Waals surface area contributed by atoms with Crippen LogP contribution in [0.15, 0.2) is 12.7 Å². The third-order valence-electron chi connectivity index (χ3n) is 1.50. The molecule has 0 heterocycles. The predicted molar refractivity (Wildman–Crippen MR) is 72.4 cm³/mol. The topological polar surface area (TPSA) is 116 Å². The van der Waals surface area contributed by atoms with Crippen molar-refractivity contribution in [3.63, 3.8) is 0 Å². The van der Waals surface area contributed by atoms with E-state index in [2.05, 4.69) is 15.5 Å². The van der Waals surface area contributed by atoms with E-state index in [0.29, 0.717) is 0 Å². The Bertz CT molecular complexity index is 405. The van der Waals surface area contributed by atoms with E-state index in [1.165, 1.54) is 6.08 Å². The average molecular weight is 360 g/mol. The SMILES string of the molecule is C=CCOC(=O)CCC(=O)OS(=O)(=O)O.CCOCC.[H-].[H-].[Na+].[Na+]. The number of esters is 1. The third kappa shape index (κ3) is 28.7. The van der Waals surface area contributed by atoms with Crippen molar-refractivity contribution in [3.8, 4) is 0 Å². The molecule has 0 aromatic carbocycles. The van der Waals surface area contributed by atoms with E-state index in [4.69, 9.17) is 9.29 Å². The van der Waals surface area contributed by atoms with Crippen LogP contribution in [0.25, 0.3) is 0 Å². The summed E-state index contributed by atoms with van der Waals surface area (Å²) in [5.41, 5.74) is 0. The summed E-state index contributed by atoms with van der Waals surface area (Å²) >= 11 is 0. The van der Waals surface area contributed by atoms with E-state index in [1.54, 1.807) is 0 Å². The molecule has 122 valence electrons. The summed E-state index contributed by atoms with van der Waals surface area (Å²) in [7, 11) is -4.81. The second-order valence-electron chi connectivity index (χ2n) is 3.14. The largest absolute Gasteiger partial charge is 1.00 e. The minimum atomic E-state index is -4.81. The van der Waals surface area contributed by atoms with Gasteiger partial charge in [-0.25, -0.2) is 0 Å². The van der Waals surface area contributed by atoms with Crippen LogP contribution in [-0.4, -0.2) is 44.7 Å². The molecule has 11 heteroatoms. The van der Waals surface area contributed by atoms with Gasteiger partial charge in [0.2, 0.25) is 0 Å². The van der Waals surface area contributed by atoms with Crippen molar-refractivity contribution in [2.24, 2.45) is 0 Å². The van der Waals surface area contributed by atoms with Crippen LogP contribution in [0.1, 0.15) is 29.5 Å². The van der Waals surface area contributed by atoms with Gasteiger partial charge >= 0.3 is 81.5 Å². The maximum atomic E-state index is 10.8. The molecule has 0 spiro atoms. The van der Waals surface area contributed by atoms with Crippen LogP contribution in [0.2, 0.25) is 0 Å². The van der Waals surface area contributed by atoms with Gasteiger partial charge in [-0.1, -0.05) is 12.7 Å². The molecule has 0 aliphatic carbocycles. The van der Waals surface area contributed by atoms with Crippen LogP contribution in [0.3, 0.4) is 0 Å². The van der Waals surface area contributed by atoms with Crippen LogP contribution in [0.4, 0.5) is 0 Å². The maximum absolute atomic E-state index is 10.8. The Balaban J connectivity index is -0.0000000795. The van der Waals surface area contributed by atoms with E-state index in [9.17, 15) is 18.0 Å². The molecule has 0 saturated heterocycles. The number of hydrogen-bond donors (Lipinski definition) is 1. The van der Waals surface area contributed by atoms with Crippen molar-refractivity contribution in [3.05, 3.63) is 12.7 Å². The quantitative estimate of drug-likeness (QED) is 0.198. The van der Waals surface area contributed by atoms with Crippen molar-refractivity contribution in [2.45, 2.75) is 26.7 Å². The molecular formula is C11H22Na2O8S. The fourth-order valence-corrected chi connectivity index (χ4v) is 1.11. The number of hydrogen-bond acceptors (Lipinski definition) is 7. The summed E-state index contributed by atoms with van der Waals surface area (Å²) in [6.45, 7) is 8.97. The zero-order valence-corrected chi connectivity index (χ0v) is 18.3. The monoisotopic (exact) mass is 360 g/mol. The molecule has 22 heavy (non-hydrogen) atoms. The van der Waals surface area contributed by atoms with Crippen molar-refractivity contribution in [2.75, 3.05) is 19.8 Å². The predicted octanol–water partition coefficient (Wildman–Crippen LogP) is -4.88. The van der Waals surface area contributed by atoms with Gasteiger partial charge in [-0.15, -0.1) is 0 Å². The molecule has 0 rings (SSSR count). The maximum Gasteiger partial charge on any atom is 1.00 e. The zero-order chi connectivity index (χ0) is 16.0. The molecule has 0 radical (unpaired) electrons. The van der Waals surface area contributed by atoms with E-state index in [0.717, 1.165) is 13.2 Å². The van der Waals surface area contributed by atoms with E-state index >= 15 is 0 Å². The van der Waals surface area contributed by atoms with Crippen LogP contribution in [0.5, 0.6) is 0 Å². The summed E-state index contributed by atoms with van der Waals surface area (Å²) in [4.78, 5) is 21.4. The summed E-state index contributed by atoms with van der Waals surface area (Å²) in [5, 5.41) is 0. The van der Waals surface area contributed by atoms with Gasteiger partial charge < -0.3 is 16.5 Å². The Morgan fingerprint density at radius 3 is 1.91 bits per heavy atom. The molecule has 0 bridgehead atoms. The number of carbonyl (C=O) groups is 2. The molecule has 0 aromatic heterocycles. The first kappa shape index (κ1) is 30.4. The molecular weight excluding hydrogens is 338 g/mol. The molecule has 0 saturated carbocycles. The van der Waals surface area contributed by atoms with Crippen LogP contribution in [-0.2, 0) is 33.6 Å². The van der Waals surface area contributed by atoms with Gasteiger partial charge in [0.15, 0.2) is 0 Å². The first-order chi connectivity index (χ1) is 9.26.